The van der Waals surface area contributed by atoms with E-state index in [9.17, 15) is 14.9 Å². The lowest BCUT2D eigenvalue weighted by Crippen LogP contribution is -2.28. The van der Waals surface area contributed by atoms with Crippen molar-refractivity contribution in [3.05, 3.63) is 80.5 Å². The Hall–Kier alpha value is -2.97. The first-order valence-corrected chi connectivity index (χ1v) is 9.50. The van der Waals surface area contributed by atoms with Gasteiger partial charge in [0.25, 0.3) is 11.6 Å². The Labute approximate surface area is 170 Å². The Balaban J connectivity index is 1.86. The molecule has 0 atom stereocenters. The van der Waals surface area contributed by atoms with E-state index in [4.69, 9.17) is 11.6 Å². The lowest BCUT2D eigenvalue weighted by Gasteiger charge is -2.12. The Bertz CT molecular complexity index is 1020. The Kier molecular flexibility index (Phi) is 6.23. The zero-order valence-corrected chi connectivity index (χ0v) is 16.4. The monoisotopic (exact) mass is 414 g/mol. The molecule has 2 heterocycles. The molecule has 1 aromatic carbocycles. The zero-order valence-electron chi connectivity index (χ0n) is 14.8. The number of para-hydroxylation sites is 1. The molecule has 0 aliphatic carbocycles. The molecule has 1 fully saturated rings. The molecule has 28 heavy (non-hydrogen) atoms. The summed E-state index contributed by atoms with van der Waals surface area (Å²) in [6, 6.07) is 8.08. The number of hydrogen-bond acceptors (Lipinski definition) is 6. The van der Waals surface area contributed by atoms with Gasteiger partial charge in [0.05, 0.1) is 26.1 Å². The average molecular weight is 415 g/mol. The van der Waals surface area contributed by atoms with Crippen molar-refractivity contribution in [3.63, 3.8) is 0 Å². The van der Waals surface area contributed by atoms with Crippen LogP contribution in [0.15, 0.2) is 64.8 Å². The van der Waals surface area contributed by atoms with Gasteiger partial charge in [0.2, 0.25) is 0 Å². The Morgan fingerprint density at radius 1 is 1.36 bits per heavy atom. The maximum Gasteiger partial charge on any atom is 0.276 e. The van der Waals surface area contributed by atoms with Crippen molar-refractivity contribution < 1.29 is 9.72 Å². The van der Waals surface area contributed by atoms with Crippen LogP contribution in [0.4, 0.5) is 11.4 Å². The van der Waals surface area contributed by atoms with E-state index in [1.807, 2.05) is 6.92 Å². The van der Waals surface area contributed by atoms with Crippen LogP contribution < -0.4 is 0 Å². The summed E-state index contributed by atoms with van der Waals surface area (Å²) in [5.74, 6) is -0.177. The number of likely N-dealkylation sites (N-methyl/N-ethyl adjacent to an activating group) is 1. The number of aromatic nitrogens is 1. The van der Waals surface area contributed by atoms with Crippen molar-refractivity contribution in [2.24, 2.45) is 4.99 Å². The first-order valence-electron chi connectivity index (χ1n) is 8.31. The van der Waals surface area contributed by atoms with Gasteiger partial charge in [0.15, 0.2) is 5.17 Å². The summed E-state index contributed by atoms with van der Waals surface area (Å²) in [5.41, 5.74) is 0.999. The van der Waals surface area contributed by atoms with Crippen molar-refractivity contribution >= 4 is 51.9 Å². The highest BCUT2D eigenvalue weighted by Crippen LogP contribution is 2.34. The number of thioether (sulfide) groups is 1. The second-order valence-corrected chi connectivity index (χ2v) is 7.00. The van der Waals surface area contributed by atoms with E-state index in [2.05, 4.69) is 9.98 Å². The predicted molar refractivity (Wildman–Crippen MR) is 112 cm³/mol. The summed E-state index contributed by atoms with van der Waals surface area (Å²) in [7, 11) is 0. The van der Waals surface area contributed by atoms with E-state index in [1.165, 1.54) is 24.0 Å². The van der Waals surface area contributed by atoms with Crippen LogP contribution in [0.2, 0.25) is 5.02 Å². The van der Waals surface area contributed by atoms with Gasteiger partial charge in [0, 0.05) is 25.0 Å². The fourth-order valence-corrected chi connectivity index (χ4v) is 3.65. The largest absolute Gasteiger partial charge is 0.287 e. The number of benzene rings is 1. The van der Waals surface area contributed by atoms with E-state index in [1.54, 1.807) is 53.6 Å². The first-order chi connectivity index (χ1) is 13.5. The number of halogens is 1. The SMILES string of the molecule is CCN1C(=O)/C(=C/C=C/c2ccccc2[N+](=O)[O-])SC1=Nc1ccncc1Cl. The number of nitrogens with zero attached hydrogens (tertiary/aromatic N) is 4. The second-order valence-electron chi connectivity index (χ2n) is 5.58. The molecule has 0 bridgehead atoms. The summed E-state index contributed by atoms with van der Waals surface area (Å²) < 4.78 is 0. The summed E-state index contributed by atoms with van der Waals surface area (Å²) in [4.78, 5) is 33.7. The molecule has 0 N–H and O–H groups in total. The number of nitro benzene ring substituents is 1. The van der Waals surface area contributed by atoms with E-state index in [0.717, 1.165) is 0 Å². The minimum Gasteiger partial charge on any atom is -0.287 e. The van der Waals surface area contributed by atoms with Gasteiger partial charge < -0.3 is 0 Å². The average Bonchev–Trinajstić information content (AvgIpc) is 2.98. The van der Waals surface area contributed by atoms with Crippen LogP contribution in [0.5, 0.6) is 0 Å². The fourth-order valence-electron chi connectivity index (χ4n) is 2.48. The van der Waals surface area contributed by atoms with Crippen molar-refractivity contribution in [3.8, 4) is 0 Å². The molecular weight excluding hydrogens is 400 g/mol. The van der Waals surface area contributed by atoms with E-state index >= 15 is 0 Å². The van der Waals surface area contributed by atoms with Gasteiger partial charge in [-0.1, -0.05) is 29.8 Å². The second kappa shape index (κ2) is 8.81. The van der Waals surface area contributed by atoms with Gasteiger partial charge in [-0.2, -0.15) is 0 Å². The highest BCUT2D eigenvalue weighted by Gasteiger charge is 2.31. The highest BCUT2D eigenvalue weighted by atomic mass is 35.5. The number of rotatable bonds is 5. The normalized spacial score (nSPS) is 17.2. The van der Waals surface area contributed by atoms with Gasteiger partial charge in [-0.15, -0.1) is 0 Å². The molecule has 0 radical (unpaired) electrons. The zero-order chi connectivity index (χ0) is 20.1. The summed E-state index contributed by atoms with van der Waals surface area (Å²) in [6.45, 7) is 2.31. The van der Waals surface area contributed by atoms with Gasteiger partial charge in [-0.3, -0.25) is 24.8 Å². The number of amidine groups is 1. The predicted octanol–water partition coefficient (Wildman–Crippen LogP) is 4.82. The molecule has 1 aliphatic rings. The lowest BCUT2D eigenvalue weighted by molar-refractivity contribution is -0.385. The minimum atomic E-state index is -0.440. The Morgan fingerprint density at radius 3 is 2.86 bits per heavy atom. The van der Waals surface area contributed by atoms with Crippen LogP contribution in [0, 0.1) is 10.1 Å². The van der Waals surface area contributed by atoms with Crippen LogP contribution in [-0.2, 0) is 4.79 Å². The minimum absolute atomic E-state index is 0.00677. The number of carbonyl (C=O) groups is 1. The standard InChI is InChI=1S/C19H15ClN4O3S/c1-2-23-18(25)17(28-19(23)22-15-10-11-21-12-14(15)20)9-5-7-13-6-3-4-8-16(13)24(26)27/h3-12H,2H2,1H3/b7-5+,17-9-,22-19?. The molecule has 142 valence electrons. The van der Waals surface area contributed by atoms with Gasteiger partial charge >= 0.3 is 0 Å². The molecule has 9 heteroatoms. The third-order valence-corrected chi connectivity index (χ3v) is 5.14. The van der Waals surface area contributed by atoms with Crippen molar-refractivity contribution in [2.75, 3.05) is 6.54 Å². The molecule has 1 amide bonds. The lowest BCUT2D eigenvalue weighted by atomic mass is 10.1. The van der Waals surface area contributed by atoms with Crippen LogP contribution in [0.3, 0.4) is 0 Å². The van der Waals surface area contributed by atoms with Gasteiger partial charge in [-0.05, 0) is 43.0 Å². The van der Waals surface area contributed by atoms with Gasteiger partial charge in [0.1, 0.15) is 0 Å². The molecule has 1 aliphatic heterocycles. The Morgan fingerprint density at radius 2 is 2.14 bits per heavy atom. The van der Waals surface area contributed by atoms with E-state index < -0.39 is 4.92 Å². The number of aliphatic imine (C=N–C) groups is 1. The number of carbonyl (C=O) groups excluding carboxylic acids is 1. The number of pyridine rings is 1. The number of nitro groups is 1. The quantitative estimate of drug-likeness (QED) is 0.397. The smallest absolute Gasteiger partial charge is 0.276 e. The number of allylic oxidation sites excluding steroid dienone is 2. The van der Waals surface area contributed by atoms with E-state index in [0.29, 0.717) is 32.9 Å². The molecule has 0 spiro atoms. The molecule has 1 aromatic heterocycles. The van der Waals surface area contributed by atoms with Crippen LogP contribution >= 0.6 is 23.4 Å². The van der Waals surface area contributed by atoms with Crippen molar-refractivity contribution in [1.29, 1.82) is 0 Å². The summed E-state index contributed by atoms with van der Waals surface area (Å²) >= 11 is 7.32. The fraction of sp³-hybridized carbons (Fsp3) is 0.105. The number of hydrogen-bond donors (Lipinski definition) is 0. The van der Waals surface area contributed by atoms with Gasteiger partial charge in [-0.25, -0.2) is 4.99 Å². The topological polar surface area (TPSA) is 88.7 Å². The third-order valence-electron chi connectivity index (χ3n) is 3.83. The maximum absolute atomic E-state index is 12.6. The van der Waals surface area contributed by atoms with Crippen molar-refractivity contribution in [1.82, 2.24) is 9.88 Å². The van der Waals surface area contributed by atoms with E-state index in [-0.39, 0.29) is 11.6 Å². The molecule has 0 unspecified atom stereocenters. The van der Waals surface area contributed by atoms with Crippen LogP contribution in [-0.4, -0.2) is 32.4 Å². The van der Waals surface area contributed by atoms with Crippen LogP contribution in [0.1, 0.15) is 12.5 Å². The molecule has 7 nitrogen and oxygen atoms in total. The molecule has 0 saturated carbocycles. The molecule has 1 saturated heterocycles. The summed E-state index contributed by atoms with van der Waals surface area (Å²) in [6.07, 6.45) is 7.92. The first kappa shape index (κ1) is 19.8. The highest BCUT2D eigenvalue weighted by molar-refractivity contribution is 8.18. The maximum atomic E-state index is 12.6. The summed E-state index contributed by atoms with van der Waals surface area (Å²) in [5, 5.41) is 12.0. The third kappa shape index (κ3) is 4.29. The van der Waals surface area contributed by atoms with Crippen LogP contribution in [0.25, 0.3) is 6.08 Å². The molecule has 2 aromatic rings. The number of amides is 1. The van der Waals surface area contributed by atoms with Crippen molar-refractivity contribution in [2.45, 2.75) is 6.92 Å². The molecular formula is C19H15ClN4O3S. The molecule has 3 rings (SSSR count).